The van der Waals surface area contributed by atoms with Gasteiger partial charge in [0.25, 0.3) is 0 Å². The molecule has 0 radical (unpaired) electrons. The Morgan fingerprint density at radius 1 is 1.50 bits per heavy atom. The maximum absolute atomic E-state index is 9.95. The molecule has 0 spiro atoms. The standard InChI is InChI=1S/C18H27NO3/c1-18(2)14-6-5-13(17(18)8-14)11-21-12-15(20)9-19-10-16-4-3-7-22-16/h3-5,7,14-15,17,19-20H,6,8-12H2,1-2H3/t14-,15+,17-/m0/s1. The number of ether oxygens (including phenoxy) is 1. The summed E-state index contributed by atoms with van der Waals surface area (Å²) in [6.45, 7) is 6.91. The average Bonchev–Trinajstić information content (AvgIpc) is 3.00. The zero-order chi connectivity index (χ0) is 15.6. The van der Waals surface area contributed by atoms with Gasteiger partial charge in [-0.1, -0.05) is 19.9 Å². The summed E-state index contributed by atoms with van der Waals surface area (Å²) in [6.07, 6.45) is 6.03. The van der Waals surface area contributed by atoms with Crippen molar-refractivity contribution in [2.45, 2.75) is 39.3 Å². The van der Waals surface area contributed by atoms with E-state index >= 15 is 0 Å². The van der Waals surface area contributed by atoms with Gasteiger partial charge in [-0.05, 0) is 47.8 Å². The van der Waals surface area contributed by atoms with E-state index in [0.29, 0.717) is 37.6 Å². The van der Waals surface area contributed by atoms with Crippen molar-refractivity contribution in [3.63, 3.8) is 0 Å². The van der Waals surface area contributed by atoms with Gasteiger partial charge in [0.1, 0.15) is 5.76 Å². The first-order chi connectivity index (χ1) is 10.6. The van der Waals surface area contributed by atoms with Crippen LogP contribution in [0.3, 0.4) is 0 Å². The van der Waals surface area contributed by atoms with Crippen LogP contribution >= 0.6 is 0 Å². The first kappa shape index (κ1) is 15.8. The fourth-order valence-corrected chi connectivity index (χ4v) is 3.79. The van der Waals surface area contributed by atoms with Gasteiger partial charge in [0.15, 0.2) is 0 Å². The number of allylic oxidation sites excluding steroid dienone is 1. The highest BCUT2D eigenvalue weighted by Crippen LogP contribution is 2.59. The number of rotatable bonds is 8. The number of aliphatic hydroxyl groups is 1. The van der Waals surface area contributed by atoms with E-state index in [0.717, 1.165) is 11.7 Å². The van der Waals surface area contributed by atoms with E-state index in [1.165, 1.54) is 18.4 Å². The van der Waals surface area contributed by atoms with Gasteiger partial charge in [0.05, 0.1) is 32.1 Å². The molecule has 22 heavy (non-hydrogen) atoms. The SMILES string of the molecule is CC1(C)[C@H]2CC=C(COC[C@H](O)CNCc3ccco3)[C@@H]1C2. The molecule has 1 saturated carbocycles. The number of hydrogen-bond donors (Lipinski definition) is 2. The summed E-state index contributed by atoms with van der Waals surface area (Å²) >= 11 is 0. The summed E-state index contributed by atoms with van der Waals surface area (Å²) in [5.41, 5.74) is 1.87. The van der Waals surface area contributed by atoms with Gasteiger partial charge in [-0.25, -0.2) is 0 Å². The smallest absolute Gasteiger partial charge is 0.117 e. The van der Waals surface area contributed by atoms with Crippen molar-refractivity contribution in [1.29, 1.82) is 0 Å². The van der Waals surface area contributed by atoms with Crippen molar-refractivity contribution in [1.82, 2.24) is 5.32 Å². The van der Waals surface area contributed by atoms with Crippen LogP contribution in [0.2, 0.25) is 0 Å². The van der Waals surface area contributed by atoms with E-state index in [4.69, 9.17) is 9.15 Å². The summed E-state index contributed by atoms with van der Waals surface area (Å²) in [4.78, 5) is 0. The maximum atomic E-state index is 9.95. The number of fused-ring (bicyclic) bond motifs is 1. The van der Waals surface area contributed by atoms with E-state index in [2.05, 4.69) is 25.2 Å². The second-order valence-electron chi connectivity index (χ2n) is 7.20. The van der Waals surface area contributed by atoms with Crippen LogP contribution in [0.4, 0.5) is 0 Å². The normalized spacial score (nSPS) is 27.1. The average molecular weight is 305 g/mol. The molecule has 1 fully saturated rings. The van der Waals surface area contributed by atoms with Gasteiger partial charge >= 0.3 is 0 Å². The number of nitrogens with one attached hydrogen (secondary N) is 1. The van der Waals surface area contributed by atoms with E-state index in [9.17, 15) is 5.11 Å². The van der Waals surface area contributed by atoms with Crippen LogP contribution in [0.15, 0.2) is 34.5 Å². The third-order valence-electron chi connectivity index (χ3n) is 5.42. The van der Waals surface area contributed by atoms with Crippen LogP contribution in [-0.4, -0.2) is 31.0 Å². The molecule has 4 nitrogen and oxygen atoms in total. The zero-order valence-electron chi connectivity index (χ0n) is 13.5. The van der Waals surface area contributed by atoms with E-state index in [-0.39, 0.29) is 0 Å². The summed E-state index contributed by atoms with van der Waals surface area (Å²) in [7, 11) is 0. The summed E-state index contributed by atoms with van der Waals surface area (Å²) < 4.78 is 11.0. The summed E-state index contributed by atoms with van der Waals surface area (Å²) in [6, 6.07) is 3.78. The van der Waals surface area contributed by atoms with Crippen LogP contribution in [0, 0.1) is 17.3 Å². The third-order valence-corrected chi connectivity index (χ3v) is 5.42. The molecule has 4 rings (SSSR count). The summed E-state index contributed by atoms with van der Waals surface area (Å²) in [5.74, 6) is 2.42. The van der Waals surface area contributed by atoms with E-state index < -0.39 is 6.10 Å². The molecule has 0 amide bonds. The molecule has 3 aliphatic carbocycles. The predicted molar refractivity (Wildman–Crippen MR) is 85.3 cm³/mol. The molecule has 0 saturated heterocycles. The largest absolute Gasteiger partial charge is 0.468 e. The Bertz CT molecular complexity index is 506. The van der Waals surface area contributed by atoms with Crippen molar-refractivity contribution in [2.24, 2.45) is 17.3 Å². The van der Waals surface area contributed by atoms with Crippen molar-refractivity contribution < 1.29 is 14.3 Å². The van der Waals surface area contributed by atoms with Crippen LogP contribution in [0.5, 0.6) is 0 Å². The Morgan fingerprint density at radius 2 is 2.36 bits per heavy atom. The molecule has 0 aliphatic heterocycles. The molecule has 0 unspecified atom stereocenters. The summed E-state index contributed by atoms with van der Waals surface area (Å²) in [5, 5.41) is 13.1. The number of aliphatic hydroxyl groups excluding tert-OH is 1. The minimum atomic E-state index is -0.485. The van der Waals surface area contributed by atoms with Crippen LogP contribution in [0.1, 0.15) is 32.4 Å². The topological polar surface area (TPSA) is 54.6 Å². The lowest BCUT2D eigenvalue weighted by atomic mass is 9.49. The molecule has 2 bridgehead atoms. The minimum Gasteiger partial charge on any atom is -0.468 e. The Balaban J connectivity index is 1.32. The predicted octanol–water partition coefficient (Wildman–Crippen LogP) is 2.74. The molecular weight excluding hydrogens is 278 g/mol. The first-order valence-corrected chi connectivity index (χ1v) is 8.25. The van der Waals surface area contributed by atoms with E-state index in [1.807, 2.05) is 12.1 Å². The molecule has 0 aromatic carbocycles. The molecule has 4 heteroatoms. The third kappa shape index (κ3) is 3.29. The van der Waals surface area contributed by atoms with Crippen LogP contribution in [-0.2, 0) is 11.3 Å². The fraction of sp³-hybridized carbons (Fsp3) is 0.667. The quantitative estimate of drug-likeness (QED) is 0.725. The van der Waals surface area contributed by atoms with Crippen molar-refractivity contribution in [3.05, 3.63) is 35.8 Å². The lowest BCUT2D eigenvalue weighted by Gasteiger charge is -2.56. The van der Waals surface area contributed by atoms with Gasteiger partial charge in [-0.2, -0.15) is 0 Å². The monoisotopic (exact) mass is 305 g/mol. The molecule has 1 heterocycles. The van der Waals surface area contributed by atoms with Crippen LogP contribution in [0.25, 0.3) is 0 Å². The zero-order valence-corrected chi connectivity index (χ0v) is 13.5. The lowest BCUT2D eigenvalue weighted by Crippen LogP contribution is -2.48. The highest BCUT2D eigenvalue weighted by Gasteiger charge is 2.50. The van der Waals surface area contributed by atoms with Crippen molar-refractivity contribution in [3.8, 4) is 0 Å². The highest BCUT2D eigenvalue weighted by atomic mass is 16.5. The highest BCUT2D eigenvalue weighted by molar-refractivity contribution is 5.23. The minimum absolute atomic E-state index is 0.374. The number of furan rings is 1. The Labute approximate surface area is 132 Å². The Morgan fingerprint density at radius 3 is 3.05 bits per heavy atom. The van der Waals surface area contributed by atoms with Gasteiger partial charge in [-0.3, -0.25) is 0 Å². The van der Waals surface area contributed by atoms with Gasteiger partial charge in [0.2, 0.25) is 0 Å². The van der Waals surface area contributed by atoms with Crippen molar-refractivity contribution >= 4 is 0 Å². The van der Waals surface area contributed by atoms with Crippen LogP contribution < -0.4 is 5.32 Å². The van der Waals surface area contributed by atoms with E-state index in [1.54, 1.807) is 6.26 Å². The number of hydrogen-bond acceptors (Lipinski definition) is 4. The fourth-order valence-electron chi connectivity index (χ4n) is 3.79. The lowest BCUT2D eigenvalue weighted by molar-refractivity contribution is -0.0235. The molecule has 122 valence electrons. The molecular formula is C18H27NO3. The molecule has 1 aromatic heterocycles. The molecule has 2 N–H and O–H groups in total. The Hall–Kier alpha value is -1.10. The second-order valence-corrected chi connectivity index (χ2v) is 7.20. The first-order valence-electron chi connectivity index (χ1n) is 8.25. The molecule has 1 aromatic rings. The molecule has 3 atom stereocenters. The van der Waals surface area contributed by atoms with Gasteiger partial charge in [0, 0.05) is 6.54 Å². The second kappa shape index (κ2) is 6.57. The maximum Gasteiger partial charge on any atom is 0.117 e. The van der Waals surface area contributed by atoms with Gasteiger partial charge < -0.3 is 19.6 Å². The van der Waals surface area contributed by atoms with Gasteiger partial charge in [-0.15, -0.1) is 0 Å². The Kier molecular flexibility index (Phi) is 4.71. The molecule has 3 aliphatic rings. The van der Waals surface area contributed by atoms with Crippen molar-refractivity contribution in [2.75, 3.05) is 19.8 Å².